The largest absolute Gasteiger partial charge is 0.508 e. The second kappa shape index (κ2) is 39.5. The van der Waals surface area contributed by atoms with Crippen molar-refractivity contribution in [3.63, 3.8) is 0 Å². The van der Waals surface area contributed by atoms with Crippen molar-refractivity contribution in [1.29, 1.82) is 0 Å². The monoisotopic (exact) mass is 1500 g/mol. The Bertz CT molecular complexity index is 3940. The smallest absolute Gasteiger partial charge is 0.310 e. The van der Waals surface area contributed by atoms with Gasteiger partial charge in [-0.3, -0.25) is 19.2 Å². The number of methoxy groups -OCH3 is 2. The first-order valence-corrected chi connectivity index (χ1v) is 39.5. The van der Waals surface area contributed by atoms with Gasteiger partial charge >= 0.3 is 23.9 Å². The minimum absolute atomic E-state index is 0.00656. The number of aromatic hydroxyl groups is 4. The molecule has 4 aliphatic heterocycles. The molecule has 6 N–H and O–H groups in total. The zero-order valence-corrected chi connectivity index (χ0v) is 66.5. The van der Waals surface area contributed by atoms with Crippen LogP contribution in [0.3, 0.4) is 0 Å². The molecule has 110 heavy (non-hydrogen) atoms. The topological polar surface area (TPSA) is 221 Å². The van der Waals surface area contributed by atoms with Crippen molar-refractivity contribution in [3.05, 3.63) is 263 Å². The van der Waals surface area contributed by atoms with Gasteiger partial charge in [-0.25, -0.2) is 0 Å². The number of carboxylic acid groups (broad SMARTS) is 2. The Kier molecular flexibility index (Phi) is 30.4. The van der Waals surface area contributed by atoms with E-state index in [-0.39, 0.29) is 45.4 Å². The van der Waals surface area contributed by atoms with Crippen LogP contribution in [0.1, 0.15) is 126 Å². The number of likely N-dealkylation sites (tertiary alicyclic amines) is 4. The summed E-state index contributed by atoms with van der Waals surface area (Å²) < 4.78 is 10.2. The van der Waals surface area contributed by atoms with Gasteiger partial charge in [0.25, 0.3) is 0 Å². The van der Waals surface area contributed by atoms with Crippen molar-refractivity contribution in [2.24, 2.45) is 47.3 Å². The van der Waals surface area contributed by atoms with Gasteiger partial charge in [0.1, 0.15) is 23.0 Å². The standard InChI is InChI=1S/2C24H31NO3.2C23H29NO3/c2*1-18-16-25(13-12-24(18,2)21-10-7-11-22(26)15-21)17-20(23(27)28-3)14-19-8-5-4-6-9-19;2*1-17-15-24(12-11-23(17,2)20-9-6-10-21(25)14-20)16-19(22(26)27)13-18-7-4-3-5-8-18/h2*4-11,15,18,20,26H,12-14,16-17H2,1-3H3;2*3-10,14,17,19,25H,11-13,15-16H2,1-2H3,(H,26,27)/t18-,20+,24+;18-,20-,24+;17-,19+,23+;17-,19-,23+/m0000/s1. The molecule has 8 aromatic rings. The Morgan fingerprint density at radius 3 is 0.736 bits per heavy atom. The number of benzene rings is 8. The highest BCUT2D eigenvalue weighted by molar-refractivity contribution is 5.74. The van der Waals surface area contributed by atoms with Crippen LogP contribution in [0.2, 0.25) is 0 Å². The normalized spacial score (nSPS) is 24.2. The summed E-state index contributed by atoms with van der Waals surface area (Å²) in [6.45, 7) is 27.8. The van der Waals surface area contributed by atoms with Crippen LogP contribution in [-0.4, -0.2) is 167 Å². The maximum atomic E-state index is 12.4. The molecule has 16 heteroatoms. The zero-order chi connectivity index (χ0) is 79.2. The highest BCUT2D eigenvalue weighted by Gasteiger charge is 2.44. The van der Waals surface area contributed by atoms with E-state index in [1.54, 1.807) is 24.3 Å². The lowest BCUT2D eigenvalue weighted by atomic mass is 9.68. The van der Waals surface area contributed by atoms with Crippen LogP contribution in [0.5, 0.6) is 23.0 Å². The van der Waals surface area contributed by atoms with Crippen molar-refractivity contribution in [2.75, 3.05) is 92.8 Å². The molecule has 588 valence electrons. The van der Waals surface area contributed by atoms with Gasteiger partial charge in [-0.1, -0.05) is 225 Å². The Morgan fingerprint density at radius 2 is 0.545 bits per heavy atom. The Morgan fingerprint density at radius 1 is 0.336 bits per heavy atom. The summed E-state index contributed by atoms with van der Waals surface area (Å²) in [5.41, 5.74) is 9.19. The van der Waals surface area contributed by atoms with E-state index in [2.05, 4.69) is 124 Å². The first kappa shape index (κ1) is 84.7. The quantitative estimate of drug-likeness (QED) is 0.0310. The van der Waals surface area contributed by atoms with Crippen LogP contribution in [0.25, 0.3) is 0 Å². The third kappa shape index (κ3) is 22.9. The van der Waals surface area contributed by atoms with Gasteiger partial charge in [0, 0.05) is 52.4 Å². The lowest BCUT2D eigenvalue weighted by molar-refractivity contribution is -0.147. The predicted molar refractivity (Wildman–Crippen MR) is 437 cm³/mol. The third-order valence-corrected chi connectivity index (χ3v) is 25.3. The van der Waals surface area contributed by atoms with Crippen molar-refractivity contribution in [1.82, 2.24) is 19.6 Å². The van der Waals surface area contributed by atoms with E-state index >= 15 is 0 Å². The molecule has 12 rings (SSSR count). The first-order chi connectivity index (χ1) is 52.6. The number of ether oxygens (including phenoxy) is 2. The van der Waals surface area contributed by atoms with E-state index in [0.717, 1.165) is 111 Å². The Labute approximate surface area is 653 Å². The number of piperidine rings is 4. The number of nitrogens with zero attached hydrogens (tertiary/aromatic N) is 4. The number of phenols is 4. The molecule has 0 amide bonds. The second-order valence-corrected chi connectivity index (χ2v) is 32.8. The molecular weight excluding hydrogens is 1380 g/mol. The second-order valence-electron chi connectivity index (χ2n) is 32.8. The maximum Gasteiger partial charge on any atom is 0.310 e. The van der Waals surface area contributed by atoms with Gasteiger partial charge in [0.15, 0.2) is 0 Å². The highest BCUT2D eigenvalue weighted by Crippen LogP contribution is 2.45. The highest BCUT2D eigenvalue weighted by atomic mass is 16.5. The van der Waals surface area contributed by atoms with Gasteiger partial charge < -0.3 is 59.7 Å². The first-order valence-electron chi connectivity index (χ1n) is 39.5. The number of rotatable bonds is 24. The van der Waals surface area contributed by atoms with Gasteiger partial charge in [-0.05, 0) is 216 Å². The number of hydrogen-bond acceptors (Lipinski definition) is 14. The van der Waals surface area contributed by atoms with E-state index < -0.39 is 23.8 Å². The number of carbonyl (C=O) groups is 4. The van der Waals surface area contributed by atoms with Crippen LogP contribution >= 0.6 is 0 Å². The van der Waals surface area contributed by atoms with Crippen LogP contribution in [-0.2, 0) is 76.0 Å². The SMILES string of the molecule is COC(=O)[C@@H](Cc1ccccc1)CN1CC[C@@](C)(c2cccc(O)c2)[C@@H](C)C1.COC(=O)[C@H](Cc1ccccc1)CN1CC[C@@](C)(c2cccc(O)c2)[C@@H](C)C1.C[C@H]1CN(C[C@@H](Cc2ccccc2)C(=O)O)CC[C@@]1(C)c1cccc(O)c1.C[C@H]1CN(C[C@H](Cc2ccccc2)C(=O)O)CC[C@@]1(C)c1cccc(O)c1. The molecule has 0 bridgehead atoms. The maximum absolute atomic E-state index is 12.4. The summed E-state index contributed by atoms with van der Waals surface area (Å²) >= 11 is 0. The lowest BCUT2D eigenvalue weighted by Gasteiger charge is -2.45. The van der Waals surface area contributed by atoms with Crippen LogP contribution in [0.15, 0.2) is 218 Å². The summed E-state index contributed by atoms with van der Waals surface area (Å²) in [5, 5.41) is 58.8. The fourth-order valence-corrected chi connectivity index (χ4v) is 17.2. The number of phenolic OH excluding ortho intramolecular Hbond substituents is 4. The number of carbonyl (C=O) groups excluding carboxylic acids is 2. The van der Waals surface area contributed by atoms with E-state index in [9.17, 15) is 49.8 Å². The van der Waals surface area contributed by atoms with Crippen LogP contribution in [0, 0.1) is 47.3 Å². The Hall–Kier alpha value is -9.32. The van der Waals surface area contributed by atoms with Gasteiger partial charge in [-0.15, -0.1) is 0 Å². The number of esters is 2. The third-order valence-electron chi connectivity index (χ3n) is 25.3. The summed E-state index contributed by atoms with van der Waals surface area (Å²) in [5.74, 6) is -0.0342. The molecule has 4 saturated heterocycles. The molecule has 4 fully saturated rings. The summed E-state index contributed by atoms with van der Waals surface area (Å²) in [6.07, 6.45) is 6.42. The van der Waals surface area contributed by atoms with Crippen molar-refractivity contribution >= 4 is 23.9 Å². The van der Waals surface area contributed by atoms with Crippen molar-refractivity contribution < 1.29 is 59.3 Å². The zero-order valence-electron chi connectivity index (χ0n) is 66.5. The van der Waals surface area contributed by atoms with E-state index in [4.69, 9.17) is 9.47 Å². The molecule has 4 heterocycles. The molecule has 0 radical (unpaired) electrons. The predicted octanol–water partition coefficient (Wildman–Crippen LogP) is 15.9. The van der Waals surface area contributed by atoms with Crippen molar-refractivity contribution in [3.8, 4) is 23.0 Å². The minimum Gasteiger partial charge on any atom is -0.508 e. The summed E-state index contributed by atoms with van der Waals surface area (Å²) in [7, 11) is 2.94. The minimum atomic E-state index is -0.729. The van der Waals surface area contributed by atoms with Crippen LogP contribution < -0.4 is 0 Å². The average molecular weight is 1500 g/mol. The molecule has 4 aliphatic rings. The summed E-state index contributed by atoms with van der Waals surface area (Å²) in [6, 6.07) is 70.3. The molecule has 0 spiro atoms. The van der Waals surface area contributed by atoms with E-state index in [1.165, 1.54) is 25.3 Å². The average Bonchev–Trinajstić information content (AvgIpc) is 0.800. The van der Waals surface area contributed by atoms with Crippen molar-refractivity contribution in [2.45, 2.75) is 128 Å². The van der Waals surface area contributed by atoms with Gasteiger partial charge in [0.05, 0.1) is 37.9 Å². The molecule has 12 atom stereocenters. The number of aliphatic carboxylic acids is 2. The van der Waals surface area contributed by atoms with E-state index in [1.807, 2.05) is 146 Å². The fourth-order valence-electron chi connectivity index (χ4n) is 17.2. The Balaban J connectivity index is 0.000000169. The van der Waals surface area contributed by atoms with Gasteiger partial charge in [0.2, 0.25) is 0 Å². The molecule has 0 unspecified atom stereocenters. The fraction of sp³-hybridized carbons (Fsp3) is 0.447. The molecule has 16 nitrogen and oxygen atoms in total. The summed E-state index contributed by atoms with van der Waals surface area (Å²) in [4.78, 5) is 57.7. The van der Waals surface area contributed by atoms with Crippen LogP contribution in [0.4, 0.5) is 0 Å². The van der Waals surface area contributed by atoms with E-state index in [0.29, 0.717) is 98.5 Å². The molecule has 0 aromatic heterocycles. The number of carboxylic acids is 2. The molecule has 8 aromatic carbocycles. The molecule has 0 saturated carbocycles. The van der Waals surface area contributed by atoms with Gasteiger partial charge in [-0.2, -0.15) is 0 Å². The number of hydrogen-bond donors (Lipinski definition) is 6. The molecule has 0 aliphatic carbocycles. The lowest BCUT2D eigenvalue weighted by Crippen LogP contribution is -2.49. The molecular formula is C94H120N4O12.